The molecule has 0 fully saturated rings. The Morgan fingerprint density at radius 2 is 1.77 bits per heavy atom. The Bertz CT molecular complexity index is 1250. The lowest BCUT2D eigenvalue weighted by Gasteiger charge is -2.12. The summed E-state index contributed by atoms with van der Waals surface area (Å²) < 4.78 is 10.8. The summed E-state index contributed by atoms with van der Waals surface area (Å²) >= 11 is 1.58. The summed E-state index contributed by atoms with van der Waals surface area (Å²) in [5.41, 5.74) is 1.57. The van der Waals surface area contributed by atoms with Crippen molar-refractivity contribution in [2.24, 2.45) is 0 Å². The van der Waals surface area contributed by atoms with Gasteiger partial charge in [-0.05, 0) is 48.9 Å². The normalized spacial score (nSPS) is 10.7. The van der Waals surface area contributed by atoms with Gasteiger partial charge in [0, 0.05) is 27.3 Å². The van der Waals surface area contributed by atoms with Crippen LogP contribution in [0.25, 0.3) is 11.0 Å². The van der Waals surface area contributed by atoms with E-state index >= 15 is 0 Å². The van der Waals surface area contributed by atoms with Gasteiger partial charge in [-0.15, -0.1) is 0 Å². The number of carbonyl (C=O) groups excluding carboxylic acids is 1. The molecule has 0 aliphatic rings. The SMILES string of the molecule is Cc1cc(=O)oc2cc(OCC(=O)Nc3ccccc3Sc3ccccc3)ccc12. The van der Waals surface area contributed by atoms with Gasteiger partial charge in [0.05, 0.1) is 5.69 Å². The van der Waals surface area contributed by atoms with Crippen molar-refractivity contribution in [3.8, 4) is 5.75 Å². The first kappa shape index (κ1) is 19.8. The van der Waals surface area contributed by atoms with Crippen LogP contribution in [0.2, 0.25) is 0 Å². The van der Waals surface area contributed by atoms with Crippen molar-refractivity contribution in [1.29, 1.82) is 0 Å². The average molecular weight is 417 g/mol. The molecule has 0 unspecified atom stereocenters. The molecule has 1 N–H and O–H groups in total. The van der Waals surface area contributed by atoms with Crippen LogP contribution in [-0.2, 0) is 4.79 Å². The van der Waals surface area contributed by atoms with E-state index in [0.717, 1.165) is 26.4 Å². The van der Waals surface area contributed by atoms with Gasteiger partial charge in [0.15, 0.2) is 6.61 Å². The van der Waals surface area contributed by atoms with E-state index in [1.807, 2.05) is 67.6 Å². The van der Waals surface area contributed by atoms with Crippen LogP contribution >= 0.6 is 11.8 Å². The van der Waals surface area contributed by atoms with Gasteiger partial charge in [0.25, 0.3) is 5.91 Å². The molecular weight excluding hydrogens is 398 g/mol. The number of nitrogens with one attached hydrogen (secondary N) is 1. The van der Waals surface area contributed by atoms with Gasteiger partial charge in [-0.25, -0.2) is 4.79 Å². The van der Waals surface area contributed by atoms with Crippen LogP contribution in [-0.4, -0.2) is 12.5 Å². The number of para-hydroxylation sites is 1. The Morgan fingerprint density at radius 3 is 2.60 bits per heavy atom. The molecule has 0 atom stereocenters. The highest BCUT2D eigenvalue weighted by molar-refractivity contribution is 7.99. The third kappa shape index (κ3) is 4.72. The van der Waals surface area contributed by atoms with Crippen molar-refractivity contribution < 1.29 is 13.9 Å². The highest BCUT2D eigenvalue weighted by Crippen LogP contribution is 2.33. The molecule has 0 aliphatic heterocycles. The molecule has 4 aromatic rings. The van der Waals surface area contributed by atoms with E-state index in [4.69, 9.17) is 9.15 Å². The third-order valence-corrected chi connectivity index (χ3v) is 5.51. The van der Waals surface area contributed by atoms with Crippen LogP contribution in [0.1, 0.15) is 5.56 Å². The van der Waals surface area contributed by atoms with Crippen LogP contribution < -0.4 is 15.7 Å². The van der Waals surface area contributed by atoms with E-state index in [-0.39, 0.29) is 12.5 Å². The van der Waals surface area contributed by atoms with Gasteiger partial charge >= 0.3 is 5.63 Å². The molecule has 3 aromatic carbocycles. The molecule has 0 saturated carbocycles. The molecule has 6 heteroatoms. The number of fused-ring (bicyclic) bond motifs is 1. The number of hydrogen-bond donors (Lipinski definition) is 1. The topological polar surface area (TPSA) is 68.5 Å². The monoisotopic (exact) mass is 417 g/mol. The van der Waals surface area contributed by atoms with E-state index < -0.39 is 5.63 Å². The van der Waals surface area contributed by atoms with Gasteiger partial charge < -0.3 is 14.5 Å². The zero-order valence-corrected chi connectivity index (χ0v) is 17.1. The second-order valence-corrected chi connectivity index (χ2v) is 7.77. The van der Waals surface area contributed by atoms with Crippen molar-refractivity contribution in [3.63, 3.8) is 0 Å². The van der Waals surface area contributed by atoms with Crippen LogP contribution in [0, 0.1) is 6.92 Å². The minimum Gasteiger partial charge on any atom is -0.484 e. The van der Waals surface area contributed by atoms with E-state index in [1.165, 1.54) is 6.07 Å². The van der Waals surface area contributed by atoms with Gasteiger partial charge in [0.2, 0.25) is 0 Å². The predicted octanol–water partition coefficient (Wildman–Crippen LogP) is 5.27. The second-order valence-electron chi connectivity index (χ2n) is 6.65. The minimum atomic E-state index is -0.414. The summed E-state index contributed by atoms with van der Waals surface area (Å²) in [6.45, 7) is 1.68. The standard InChI is InChI=1S/C24H19NO4S/c1-16-13-24(27)29-21-14-17(11-12-19(16)21)28-15-23(26)25-20-9-5-6-10-22(20)30-18-7-3-2-4-8-18/h2-14H,15H2,1H3,(H,25,26). The fourth-order valence-electron chi connectivity index (χ4n) is 3.00. The Labute approximate surface area is 177 Å². The number of hydrogen-bond acceptors (Lipinski definition) is 5. The van der Waals surface area contributed by atoms with Crippen LogP contribution in [0.15, 0.2) is 97.9 Å². The average Bonchev–Trinajstić information content (AvgIpc) is 2.74. The molecule has 0 aliphatic carbocycles. The summed E-state index contributed by atoms with van der Waals surface area (Å²) in [7, 11) is 0. The Balaban J connectivity index is 1.43. The van der Waals surface area contributed by atoms with Crippen molar-refractivity contribution in [1.82, 2.24) is 0 Å². The van der Waals surface area contributed by atoms with Crippen molar-refractivity contribution in [3.05, 3.63) is 94.8 Å². The summed E-state index contributed by atoms with van der Waals surface area (Å²) in [5, 5.41) is 3.73. The summed E-state index contributed by atoms with van der Waals surface area (Å²) in [6, 6.07) is 24.2. The largest absolute Gasteiger partial charge is 0.484 e. The minimum absolute atomic E-state index is 0.161. The van der Waals surface area contributed by atoms with E-state index in [9.17, 15) is 9.59 Å². The van der Waals surface area contributed by atoms with E-state index in [0.29, 0.717) is 11.3 Å². The van der Waals surface area contributed by atoms with Crippen molar-refractivity contribution >= 4 is 34.3 Å². The molecule has 1 aromatic heterocycles. The maximum atomic E-state index is 12.4. The van der Waals surface area contributed by atoms with Gasteiger partial charge in [-0.1, -0.05) is 42.1 Å². The highest BCUT2D eigenvalue weighted by Gasteiger charge is 2.10. The van der Waals surface area contributed by atoms with Crippen molar-refractivity contribution in [2.45, 2.75) is 16.7 Å². The lowest BCUT2D eigenvalue weighted by molar-refractivity contribution is -0.118. The number of aryl methyl sites for hydroxylation is 1. The number of ether oxygens (including phenoxy) is 1. The maximum absolute atomic E-state index is 12.4. The summed E-state index contributed by atoms with van der Waals surface area (Å²) in [6.07, 6.45) is 0. The molecule has 30 heavy (non-hydrogen) atoms. The van der Waals surface area contributed by atoms with E-state index in [1.54, 1.807) is 23.9 Å². The molecule has 5 nitrogen and oxygen atoms in total. The van der Waals surface area contributed by atoms with Crippen molar-refractivity contribution in [2.75, 3.05) is 11.9 Å². The van der Waals surface area contributed by atoms with E-state index in [2.05, 4.69) is 5.32 Å². The zero-order chi connectivity index (χ0) is 20.9. The number of benzene rings is 3. The molecule has 150 valence electrons. The number of anilines is 1. The smallest absolute Gasteiger partial charge is 0.336 e. The fourth-order valence-corrected chi connectivity index (χ4v) is 3.93. The first-order valence-electron chi connectivity index (χ1n) is 9.37. The second kappa shape index (κ2) is 8.88. The van der Waals surface area contributed by atoms with Gasteiger partial charge in [-0.2, -0.15) is 0 Å². The molecule has 4 rings (SSSR count). The third-order valence-electron chi connectivity index (χ3n) is 4.42. The lowest BCUT2D eigenvalue weighted by Crippen LogP contribution is -2.20. The molecule has 1 heterocycles. The predicted molar refractivity (Wildman–Crippen MR) is 118 cm³/mol. The molecule has 1 amide bonds. The van der Waals surface area contributed by atoms with Gasteiger partial charge in [-0.3, -0.25) is 4.79 Å². The highest BCUT2D eigenvalue weighted by atomic mass is 32.2. The zero-order valence-electron chi connectivity index (χ0n) is 16.3. The number of rotatable bonds is 6. The van der Waals surface area contributed by atoms with Crippen LogP contribution in [0.5, 0.6) is 5.75 Å². The first-order valence-corrected chi connectivity index (χ1v) is 10.2. The number of carbonyl (C=O) groups is 1. The van der Waals surface area contributed by atoms with Crippen LogP contribution in [0.4, 0.5) is 5.69 Å². The Kier molecular flexibility index (Phi) is 5.86. The number of amides is 1. The summed E-state index contributed by atoms with van der Waals surface area (Å²) in [4.78, 5) is 26.0. The summed E-state index contributed by atoms with van der Waals surface area (Å²) in [5.74, 6) is 0.181. The molecule has 0 bridgehead atoms. The first-order chi connectivity index (χ1) is 14.6. The Hall–Kier alpha value is -3.51. The molecular formula is C24H19NO4S. The molecule has 0 radical (unpaired) electrons. The van der Waals surface area contributed by atoms with Gasteiger partial charge in [0.1, 0.15) is 11.3 Å². The quantitative estimate of drug-likeness (QED) is 0.433. The maximum Gasteiger partial charge on any atom is 0.336 e. The Morgan fingerprint density at radius 1 is 1.00 bits per heavy atom. The lowest BCUT2D eigenvalue weighted by atomic mass is 10.1. The molecule has 0 saturated heterocycles. The fraction of sp³-hybridized carbons (Fsp3) is 0.0833. The van der Waals surface area contributed by atoms with Crippen LogP contribution in [0.3, 0.4) is 0 Å². The molecule has 0 spiro atoms.